The van der Waals surface area contributed by atoms with Gasteiger partial charge >= 0.3 is 0 Å². The number of carbonyl (C=O) groups is 2. The average Bonchev–Trinajstić information content (AvgIpc) is 2.42. The number of amides is 2. The highest BCUT2D eigenvalue weighted by Crippen LogP contribution is 2.04. The second kappa shape index (κ2) is 8.87. The third-order valence-corrected chi connectivity index (χ3v) is 3.37. The van der Waals surface area contributed by atoms with E-state index in [2.05, 4.69) is 10.2 Å². The molecule has 1 atom stereocenters. The zero-order valence-corrected chi connectivity index (χ0v) is 11.7. The van der Waals surface area contributed by atoms with Gasteiger partial charge < -0.3 is 15.8 Å². The molecule has 0 aliphatic carbocycles. The number of nitrogens with zero attached hydrogens (tertiary/aromatic N) is 1. The third-order valence-electron chi connectivity index (χ3n) is 3.37. The number of hydrogen-bond acceptors (Lipinski definition) is 4. The van der Waals surface area contributed by atoms with Crippen LogP contribution in [-0.2, 0) is 14.3 Å². The van der Waals surface area contributed by atoms with Crippen LogP contribution in [0.2, 0.25) is 0 Å². The van der Waals surface area contributed by atoms with Crippen molar-refractivity contribution in [3.8, 4) is 0 Å². The predicted octanol–water partition coefficient (Wildman–Crippen LogP) is -0.273. The number of nitrogens with one attached hydrogen (secondary N) is 1. The Morgan fingerprint density at radius 1 is 1.37 bits per heavy atom. The van der Waals surface area contributed by atoms with Crippen LogP contribution in [0.15, 0.2) is 0 Å². The molecule has 6 nitrogen and oxygen atoms in total. The largest absolute Gasteiger partial charge is 0.379 e. The fourth-order valence-electron chi connectivity index (χ4n) is 1.93. The van der Waals surface area contributed by atoms with Gasteiger partial charge in [0.05, 0.1) is 13.2 Å². The van der Waals surface area contributed by atoms with Gasteiger partial charge in [0.25, 0.3) is 0 Å². The van der Waals surface area contributed by atoms with E-state index in [1.54, 1.807) is 6.92 Å². The second-order valence-electron chi connectivity index (χ2n) is 5.00. The lowest BCUT2D eigenvalue weighted by atomic mass is 10.1. The van der Waals surface area contributed by atoms with E-state index in [9.17, 15) is 9.59 Å². The molecule has 1 aliphatic heterocycles. The Kier molecular flexibility index (Phi) is 7.43. The van der Waals surface area contributed by atoms with E-state index in [1.165, 1.54) is 0 Å². The Balaban J connectivity index is 1.99. The zero-order valence-electron chi connectivity index (χ0n) is 11.7. The maximum atomic E-state index is 11.5. The Morgan fingerprint density at radius 2 is 2.05 bits per heavy atom. The highest BCUT2D eigenvalue weighted by atomic mass is 16.5. The second-order valence-corrected chi connectivity index (χ2v) is 5.00. The summed E-state index contributed by atoms with van der Waals surface area (Å²) < 4.78 is 5.27. The molecule has 2 amide bonds. The molecule has 0 aromatic heterocycles. The van der Waals surface area contributed by atoms with Gasteiger partial charge in [-0.1, -0.05) is 6.92 Å². The molecule has 1 aliphatic rings. The molecule has 0 saturated carbocycles. The lowest BCUT2D eigenvalue weighted by Gasteiger charge is -2.26. The Bertz CT molecular complexity index is 291. The van der Waals surface area contributed by atoms with Gasteiger partial charge in [0.1, 0.15) is 0 Å². The van der Waals surface area contributed by atoms with Crippen molar-refractivity contribution in [2.24, 2.45) is 11.7 Å². The maximum Gasteiger partial charge on any atom is 0.220 e. The summed E-state index contributed by atoms with van der Waals surface area (Å²) in [5.41, 5.74) is 5.14. The summed E-state index contributed by atoms with van der Waals surface area (Å²) in [7, 11) is 0. The molecule has 0 aromatic carbocycles. The molecule has 1 fully saturated rings. The molecule has 110 valence electrons. The number of hydrogen-bond donors (Lipinski definition) is 2. The molecule has 0 spiro atoms. The lowest BCUT2D eigenvalue weighted by molar-refractivity contribution is -0.123. The van der Waals surface area contributed by atoms with Gasteiger partial charge in [0, 0.05) is 32.0 Å². The van der Waals surface area contributed by atoms with Crippen LogP contribution in [0.4, 0.5) is 0 Å². The van der Waals surface area contributed by atoms with E-state index < -0.39 is 0 Å². The standard InChI is InChI=1S/C13H25N3O3/c1-11(13(14)18)3-4-12(17)15-5-2-6-16-7-9-19-10-8-16/h11H,2-10H2,1H3,(H2,14,18)(H,15,17)/t11-/m0/s1. The normalized spacial score (nSPS) is 17.9. The fraction of sp³-hybridized carbons (Fsp3) is 0.846. The molecular weight excluding hydrogens is 246 g/mol. The third kappa shape index (κ3) is 7.12. The minimum Gasteiger partial charge on any atom is -0.379 e. The summed E-state index contributed by atoms with van der Waals surface area (Å²) in [5.74, 6) is -0.589. The molecule has 0 aromatic rings. The van der Waals surface area contributed by atoms with Crippen LogP contribution in [0.3, 0.4) is 0 Å². The van der Waals surface area contributed by atoms with Gasteiger partial charge in [0.2, 0.25) is 11.8 Å². The van der Waals surface area contributed by atoms with Crippen LogP contribution in [0.5, 0.6) is 0 Å². The van der Waals surface area contributed by atoms with Crippen LogP contribution < -0.4 is 11.1 Å². The Morgan fingerprint density at radius 3 is 2.68 bits per heavy atom. The van der Waals surface area contributed by atoms with Gasteiger partial charge in [-0.05, 0) is 19.4 Å². The van der Waals surface area contributed by atoms with Crippen molar-refractivity contribution in [2.45, 2.75) is 26.2 Å². The first kappa shape index (κ1) is 15.9. The first-order chi connectivity index (χ1) is 9.09. The monoisotopic (exact) mass is 271 g/mol. The average molecular weight is 271 g/mol. The van der Waals surface area contributed by atoms with Crippen molar-refractivity contribution in [1.82, 2.24) is 10.2 Å². The van der Waals surface area contributed by atoms with Crippen molar-refractivity contribution in [2.75, 3.05) is 39.4 Å². The minimum absolute atomic E-state index is 0.00456. The first-order valence-electron chi connectivity index (χ1n) is 6.95. The number of rotatable bonds is 8. The molecule has 1 saturated heterocycles. The molecule has 3 N–H and O–H groups in total. The molecule has 6 heteroatoms. The molecule has 1 heterocycles. The van der Waals surface area contributed by atoms with E-state index in [4.69, 9.17) is 10.5 Å². The summed E-state index contributed by atoms with van der Waals surface area (Å²) in [4.78, 5) is 24.7. The zero-order chi connectivity index (χ0) is 14.1. The number of morpholine rings is 1. The molecule has 1 rings (SSSR count). The summed E-state index contributed by atoms with van der Waals surface area (Å²) in [6, 6.07) is 0. The van der Waals surface area contributed by atoms with Crippen molar-refractivity contribution < 1.29 is 14.3 Å². The van der Waals surface area contributed by atoms with Gasteiger partial charge in [-0.25, -0.2) is 0 Å². The molecule has 0 radical (unpaired) electrons. The minimum atomic E-state index is -0.347. The van der Waals surface area contributed by atoms with Crippen LogP contribution >= 0.6 is 0 Å². The van der Waals surface area contributed by atoms with Crippen molar-refractivity contribution in [1.29, 1.82) is 0 Å². The summed E-state index contributed by atoms with van der Waals surface area (Å²) in [6.07, 6.45) is 1.82. The lowest BCUT2D eigenvalue weighted by Crippen LogP contribution is -2.38. The quantitative estimate of drug-likeness (QED) is 0.595. The van der Waals surface area contributed by atoms with E-state index in [0.717, 1.165) is 39.3 Å². The van der Waals surface area contributed by atoms with Gasteiger partial charge in [-0.15, -0.1) is 0 Å². The number of nitrogens with two attached hydrogens (primary N) is 1. The van der Waals surface area contributed by atoms with Gasteiger partial charge in [-0.3, -0.25) is 14.5 Å². The van der Waals surface area contributed by atoms with E-state index in [1.807, 2.05) is 0 Å². The predicted molar refractivity (Wildman–Crippen MR) is 72.5 cm³/mol. The van der Waals surface area contributed by atoms with Crippen LogP contribution in [0.1, 0.15) is 26.2 Å². The van der Waals surface area contributed by atoms with E-state index in [0.29, 0.717) is 19.4 Å². The maximum absolute atomic E-state index is 11.5. The molecule has 0 unspecified atom stereocenters. The number of primary amides is 1. The molecule has 0 bridgehead atoms. The Labute approximate surface area is 114 Å². The van der Waals surface area contributed by atoms with Crippen molar-refractivity contribution in [3.63, 3.8) is 0 Å². The van der Waals surface area contributed by atoms with Gasteiger partial charge in [0.15, 0.2) is 0 Å². The number of ether oxygens (including phenoxy) is 1. The van der Waals surface area contributed by atoms with Crippen LogP contribution in [0, 0.1) is 5.92 Å². The van der Waals surface area contributed by atoms with Crippen molar-refractivity contribution in [3.05, 3.63) is 0 Å². The van der Waals surface area contributed by atoms with E-state index >= 15 is 0 Å². The molecule has 19 heavy (non-hydrogen) atoms. The van der Waals surface area contributed by atoms with Crippen LogP contribution in [-0.4, -0.2) is 56.1 Å². The highest BCUT2D eigenvalue weighted by Gasteiger charge is 2.12. The fourth-order valence-corrected chi connectivity index (χ4v) is 1.93. The highest BCUT2D eigenvalue weighted by molar-refractivity contribution is 5.79. The van der Waals surface area contributed by atoms with E-state index in [-0.39, 0.29) is 17.7 Å². The van der Waals surface area contributed by atoms with Crippen LogP contribution in [0.25, 0.3) is 0 Å². The first-order valence-corrected chi connectivity index (χ1v) is 6.95. The topological polar surface area (TPSA) is 84.7 Å². The Hall–Kier alpha value is -1.14. The number of carbonyl (C=O) groups excluding carboxylic acids is 2. The summed E-state index contributed by atoms with van der Waals surface area (Å²) in [5, 5.41) is 2.87. The van der Waals surface area contributed by atoms with Gasteiger partial charge in [-0.2, -0.15) is 0 Å². The molecular formula is C13H25N3O3. The smallest absolute Gasteiger partial charge is 0.220 e. The SMILES string of the molecule is C[C@@H](CCC(=O)NCCCN1CCOCC1)C(N)=O. The summed E-state index contributed by atoms with van der Waals surface area (Å²) in [6.45, 7) is 6.97. The van der Waals surface area contributed by atoms with Crippen molar-refractivity contribution >= 4 is 11.8 Å². The summed E-state index contributed by atoms with van der Waals surface area (Å²) >= 11 is 0.